The number of hydrogen-bond acceptors (Lipinski definition) is 3. The lowest BCUT2D eigenvalue weighted by Crippen LogP contribution is -1.93. The first kappa shape index (κ1) is 10.5. The van der Waals surface area contributed by atoms with Crippen LogP contribution in [-0.4, -0.2) is 10.2 Å². The van der Waals surface area contributed by atoms with Gasteiger partial charge in [0.25, 0.3) is 5.89 Å². The fraction of sp³-hybridized carbons (Fsp3) is 0. The van der Waals surface area contributed by atoms with Crippen molar-refractivity contribution in [3.05, 3.63) is 37.8 Å². The van der Waals surface area contributed by atoms with Gasteiger partial charge in [0.05, 0.1) is 15.6 Å². The van der Waals surface area contributed by atoms with Crippen LogP contribution in [0.1, 0.15) is 0 Å². The number of rotatable bonds is 1. The van der Waals surface area contributed by atoms with Crippen LogP contribution >= 0.6 is 34.8 Å². The van der Waals surface area contributed by atoms with Gasteiger partial charge in [-0.1, -0.05) is 34.8 Å². The van der Waals surface area contributed by atoms with E-state index in [9.17, 15) is 4.79 Å². The summed E-state index contributed by atoms with van der Waals surface area (Å²) in [5, 5.41) is 6.66. The van der Waals surface area contributed by atoms with E-state index >= 15 is 0 Å². The molecule has 0 spiro atoms. The molecule has 0 unspecified atom stereocenters. The average molecular weight is 265 g/mol. The average Bonchev–Trinajstić information content (AvgIpc) is 2.49. The number of hydrogen-bond donors (Lipinski definition) is 1. The molecule has 0 saturated carbocycles. The predicted molar refractivity (Wildman–Crippen MR) is 57.6 cm³/mol. The van der Waals surface area contributed by atoms with E-state index in [1.165, 1.54) is 12.1 Å². The SMILES string of the molecule is O=c1[nH]nc(-c2c(Cl)cc(Cl)cc2Cl)o1. The number of nitrogens with one attached hydrogen (secondary N) is 1. The molecule has 4 nitrogen and oxygen atoms in total. The number of nitrogens with zero attached hydrogens (tertiary/aromatic N) is 1. The minimum absolute atomic E-state index is 0.0340. The van der Waals surface area contributed by atoms with Crippen LogP contribution in [0, 0.1) is 0 Å². The van der Waals surface area contributed by atoms with Gasteiger partial charge in [0.2, 0.25) is 0 Å². The summed E-state index contributed by atoms with van der Waals surface area (Å²) < 4.78 is 4.74. The second-order valence-corrected chi connectivity index (χ2v) is 3.91. The fourth-order valence-electron chi connectivity index (χ4n) is 1.08. The second kappa shape index (κ2) is 3.89. The van der Waals surface area contributed by atoms with Crippen LogP contribution < -0.4 is 5.76 Å². The molecule has 1 N–H and O–H groups in total. The Balaban J connectivity index is 2.67. The number of benzene rings is 1. The van der Waals surface area contributed by atoms with Gasteiger partial charge in [0.1, 0.15) is 0 Å². The summed E-state index contributed by atoms with van der Waals surface area (Å²) in [6.07, 6.45) is 0. The highest BCUT2D eigenvalue weighted by Gasteiger charge is 2.15. The van der Waals surface area contributed by atoms with Gasteiger partial charge in [0.15, 0.2) is 0 Å². The quantitative estimate of drug-likeness (QED) is 0.862. The van der Waals surface area contributed by atoms with E-state index in [2.05, 4.69) is 10.2 Å². The molecular weight excluding hydrogens is 262 g/mol. The highest BCUT2D eigenvalue weighted by molar-refractivity contribution is 6.41. The highest BCUT2D eigenvalue weighted by atomic mass is 35.5. The standard InChI is InChI=1S/C8H3Cl3N2O2/c9-3-1-4(10)6(5(11)2-3)7-12-13-8(14)15-7/h1-2H,(H,13,14). The zero-order valence-corrected chi connectivity index (χ0v) is 9.32. The van der Waals surface area contributed by atoms with Crippen molar-refractivity contribution < 1.29 is 4.42 Å². The largest absolute Gasteiger partial charge is 0.434 e. The lowest BCUT2D eigenvalue weighted by molar-refractivity contribution is 0.527. The Morgan fingerprint density at radius 3 is 2.27 bits per heavy atom. The number of aromatic nitrogens is 2. The van der Waals surface area contributed by atoms with E-state index in [4.69, 9.17) is 39.2 Å². The van der Waals surface area contributed by atoms with Crippen LogP contribution in [0.4, 0.5) is 0 Å². The first-order valence-corrected chi connectivity index (χ1v) is 4.92. The molecule has 0 aliphatic heterocycles. The Kier molecular flexibility index (Phi) is 2.73. The van der Waals surface area contributed by atoms with Crippen LogP contribution in [-0.2, 0) is 0 Å². The van der Waals surface area contributed by atoms with E-state index in [0.717, 1.165) is 0 Å². The fourth-order valence-corrected chi connectivity index (χ4v) is 2.06. The summed E-state index contributed by atoms with van der Waals surface area (Å²) in [7, 11) is 0. The molecule has 0 saturated heterocycles. The van der Waals surface area contributed by atoms with Crippen molar-refractivity contribution in [3.63, 3.8) is 0 Å². The van der Waals surface area contributed by atoms with E-state index in [0.29, 0.717) is 10.6 Å². The molecule has 0 bridgehead atoms. The van der Waals surface area contributed by atoms with Crippen LogP contribution in [0.3, 0.4) is 0 Å². The van der Waals surface area contributed by atoms with Gasteiger partial charge in [-0.25, -0.2) is 9.89 Å². The number of H-pyrrole nitrogens is 1. The van der Waals surface area contributed by atoms with E-state index in [-0.39, 0.29) is 15.9 Å². The van der Waals surface area contributed by atoms with Crippen molar-refractivity contribution in [1.82, 2.24) is 10.2 Å². The first-order valence-electron chi connectivity index (χ1n) is 3.78. The van der Waals surface area contributed by atoms with E-state index in [1.54, 1.807) is 0 Å². The zero-order valence-electron chi connectivity index (χ0n) is 7.05. The van der Waals surface area contributed by atoms with Crippen molar-refractivity contribution in [2.75, 3.05) is 0 Å². The summed E-state index contributed by atoms with van der Waals surface area (Å²) in [5.41, 5.74) is 0.334. The lowest BCUT2D eigenvalue weighted by Gasteiger charge is -2.02. The lowest BCUT2D eigenvalue weighted by atomic mass is 10.2. The van der Waals surface area contributed by atoms with Gasteiger partial charge in [-0.3, -0.25) is 0 Å². The van der Waals surface area contributed by atoms with Gasteiger partial charge < -0.3 is 4.42 Å². The monoisotopic (exact) mass is 264 g/mol. The Labute approximate surface area is 98.8 Å². The molecular formula is C8H3Cl3N2O2. The Bertz CT molecular complexity index is 538. The van der Waals surface area contributed by atoms with Gasteiger partial charge in [-0.15, -0.1) is 5.10 Å². The molecule has 0 aliphatic carbocycles. The molecule has 0 amide bonds. The molecule has 1 heterocycles. The Morgan fingerprint density at radius 2 is 1.80 bits per heavy atom. The molecule has 0 atom stereocenters. The smallest absolute Gasteiger partial charge is 0.388 e. The second-order valence-electron chi connectivity index (χ2n) is 2.66. The third kappa shape index (κ3) is 2.02. The van der Waals surface area contributed by atoms with E-state index in [1.807, 2.05) is 0 Å². The van der Waals surface area contributed by atoms with Gasteiger partial charge >= 0.3 is 5.76 Å². The summed E-state index contributed by atoms with van der Waals surface area (Å²) in [4.78, 5) is 10.8. The normalized spacial score (nSPS) is 10.6. The first-order chi connectivity index (χ1) is 7.08. The van der Waals surface area contributed by atoms with Crippen molar-refractivity contribution in [3.8, 4) is 11.5 Å². The summed E-state index contributed by atoms with van der Waals surface area (Å²) in [5.74, 6) is -0.640. The zero-order chi connectivity index (χ0) is 11.0. The molecule has 78 valence electrons. The molecule has 1 aromatic heterocycles. The van der Waals surface area contributed by atoms with Crippen LogP contribution in [0.2, 0.25) is 15.1 Å². The molecule has 7 heteroatoms. The third-order valence-corrected chi connectivity index (χ3v) is 2.47. The molecule has 0 aliphatic rings. The summed E-state index contributed by atoms with van der Waals surface area (Å²) in [6.45, 7) is 0. The molecule has 15 heavy (non-hydrogen) atoms. The van der Waals surface area contributed by atoms with Gasteiger partial charge in [0, 0.05) is 5.02 Å². The van der Waals surface area contributed by atoms with Crippen molar-refractivity contribution in [2.45, 2.75) is 0 Å². The highest BCUT2D eigenvalue weighted by Crippen LogP contribution is 2.35. The van der Waals surface area contributed by atoms with E-state index < -0.39 is 5.76 Å². The molecule has 1 aromatic carbocycles. The van der Waals surface area contributed by atoms with Crippen molar-refractivity contribution >= 4 is 34.8 Å². The van der Waals surface area contributed by atoms with Crippen molar-refractivity contribution in [1.29, 1.82) is 0 Å². The molecule has 0 radical (unpaired) electrons. The minimum Gasteiger partial charge on any atom is -0.388 e. The summed E-state index contributed by atoms with van der Waals surface area (Å²) >= 11 is 17.5. The third-order valence-electron chi connectivity index (χ3n) is 1.66. The van der Waals surface area contributed by atoms with Gasteiger partial charge in [-0.2, -0.15) is 0 Å². The van der Waals surface area contributed by atoms with Crippen LogP contribution in [0.25, 0.3) is 11.5 Å². The maximum absolute atomic E-state index is 10.8. The Hall–Kier alpha value is -0.970. The van der Waals surface area contributed by atoms with Crippen LogP contribution in [0.15, 0.2) is 21.3 Å². The topological polar surface area (TPSA) is 58.9 Å². The molecule has 2 aromatic rings. The molecule has 2 rings (SSSR count). The number of halogens is 3. The Morgan fingerprint density at radius 1 is 1.20 bits per heavy atom. The maximum atomic E-state index is 10.8. The van der Waals surface area contributed by atoms with Crippen molar-refractivity contribution in [2.24, 2.45) is 0 Å². The number of aromatic amines is 1. The molecule has 0 fully saturated rings. The summed E-state index contributed by atoms with van der Waals surface area (Å²) in [6, 6.07) is 2.97. The van der Waals surface area contributed by atoms with Gasteiger partial charge in [-0.05, 0) is 12.1 Å². The predicted octanol–water partition coefficient (Wildman–Crippen LogP) is 2.99. The minimum atomic E-state index is -0.674. The maximum Gasteiger partial charge on any atom is 0.434 e. The van der Waals surface area contributed by atoms with Crippen LogP contribution in [0.5, 0.6) is 0 Å².